The van der Waals surface area contributed by atoms with Crippen molar-refractivity contribution in [1.82, 2.24) is 30.9 Å². The van der Waals surface area contributed by atoms with E-state index in [4.69, 9.17) is 30.7 Å². The van der Waals surface area contributed by atoms with Gasteiger partial charge in [0.1, 0.15) is 24.1 Å². The summed E-state index contributed by atoms with van der Waals surface area (Å²) in [5, 5.41) is 29.7. The first kappa shape index (κ1) is 34.3. The summed E-state index contributed by atoms with van der Waals surface area (Å²) in [6, 6.07) is 4.52. The maximum atomic E-state index is 13.1. The highest BCUT2D eigenvalue weighted by Gasteiger charge is 2.58. The van der Waals surface area contributed by atoms with Crippen LogP contribution in [0.4, 0.5) is 5.13 Å². The Morgan fingerprint density at radius 3 is 2.76 bits per heavy atom. The van der Waals surface area contributed by atoms with Gasteiger partial charge in [-0.25, -0.2) is 4.98 Å². The first-order valence-corrected chi connectivity index (χ1v) is 16.3. The standard InChI is InChI=1S/C26H36N10O8S2/c1-26(2)21(23(38)36(26)44-46(39,40)41)33-22(37)20(19-14-45-25(29)32-19)34-43-11-10-42-18-5-4-17-13-35(9-6-16(17)12-18)24(28)31-8-3-7-30-15-27/h4-5,12,14-15,21H,3,6-11,13H2,1-2H3,(H2,27,30)(H2,28,31)(H2,29,32)(H,33,37)(H,39,40,41)/b34-20-. The van der Waals surface area contributed by atoms with Gasteiger partial charge in [-0.2, -0.15) is 13.5 Å². The van der Waals surface area contributed by atoms with Gasteiger partial charge in [0.2, 0.25) is 0 Å². The van der Waals surface area contributed by atoms with Crippen LogP contribution in [0.15, 0.2) is 28.7 Å². The highest BCUT2D eigenvalue weighted by molar-refractivity contribution is 7.80. The number of hydrogen-bond donors (Lipinski definition) is 7. The van der Waals surface area contributed by atoms with E-state index in [0.717, 1.165) is 41.6 Å². The predicted octanol–water partition coefficient (Wildman–Crippen LogP) is -0.166. The van der Waals surface area contributed by atoms with E-state index < -0.39 is 33.8 Å². The molecule has 1 atom stereocenters. The number of amides is 2. The van der Waals surface area contributed by atoms with Crippen LogP contribution < -0.4 is 26.4 Å². The molecule has 1 saturated heterocycles. The van der Waals surface area contributed by atoms with Crippen LogP contribution >= 0.6 is 11.3 Å². The van der Waals surface area contributed by atoms with Crippen molar-refractivity contribution in [3.05, 3.63) is 40.4 Å². The summed E-state index contributed by atoms with van der Waals surface area (Å²) < 4.78 is 41.2. The lowest BCUT2D eigenvalue weighted by molar-refractivity contribution is -0.218. The summed E-state index contributed by atoms with van der Waals surface area (Å²) in [5.41, 5.74) is 6.43. The molecule has 0 spiro atoms. The Labute approximate surface area is 269 Å². The number of hydroxylamine groups is 2. The number of thiazole rings is 1. The first-order chi connectivity index (χ1) is 21.8. The number of ether oxygens (including phenoxy) is 1. The lowest BCUT2D eigenvalue weighted by atomic mass is 9.84. The van der Waals surface area contributed by atoms with Crippen LogP contribution in [-0.2, 0) is 42.1 Å². The predicted molar refractivity (Wildman–Crippen MR) is 168 cm³/mol. The Bertz CT molecular complexity index is 1600. The van der Waals surface area contributed by atoms with E-state index in [1.165, 1.54) is 19.2 Å². The van der Waals surface area contributed by atoms with Crippen molar-refractivity contribution in [1.29, 1.82) is 10.8 Å². The van der Waals surface area contributed by atoms with Gasteiger partial charge >= 0.3 is 10.4 Å². The molecule has 18 nitrogen and oxygen atoms in total. The molecule has 1 aromatic carbocycles. The van der Waals surface area contributed by atoms with Gasteiger partial charge in [-0.05, 0) is 49.9 Å². The van der Waals surface area contributed by atoms with Gasteiger partial charge in [-0.15, -0.1) is 15.6 Å². The summed E-state index contributed by atoms with van der Waals surface area (Å²) >= 11 is 1.06. The lowest BCUT2D eigenvalue weighted by Crippen LogP contribution is -2.76. The molecule has 0 aliphatic carbocycles. The zero-order valence-electron chi connectivity index (χ0n) is 25.1. The second-order valence-corrected chi connectivity index (χ2v) is 12.6. The Morgan fingerprint density at radius 2 is 2.09 bits per heavy atom. The molecule has 8 N–H and O–H groups in total. The molecule has 46 heavy (non-hydrogen) atoms. The van der Waals surface area contributed by atoms with Crippen molar-refractivity contribution in [2.24, 2.45) is 5.16 Å². The number of β-lactam (4-membered cyclic amide) rings is 1. The van der Waals surface area contributed by atoms with E-state index in [0.29, 0.717) is 43.0 Å². The molecule has 250 valence electrons. The number of anilines is 1. The molecule has 1 aromatic heterocycles. The van der Waals surface area contributed by atoms with Crippen molar-refractivity contribution >= 4 is 56.7 Å². The summed E-state index contributed by atoms with van der Waals surface area (Å²) in [4.78, 5) is 37.0. The third kappa shape index (κ3) is 8.59. The highest BCUT2D eigenvalue weighted by Crippen LogP contribution is 2.33. The fraction of sp³-hybridized carbons (Fsp3) is 0.462. The number of hydrogen-bond acceptors (Lipinski definition) is 13. The van der Waals surface area contributed by atoms with Crippen molar-refractivity contribution in [3.63, 3.8) is 0 Å². The van der Waals surface area contributed by atoms with Crippen LogP contribution in [0.5, 0.6) is 5.75 Å². The Balaban J connectivity index is 1.29. The molecule has 2 amide bonds. The van der Waals surface area contributed by atoms with E-state index in [1.54, 1.807) is 0 Å². The Morgan fingerprint density at radius 1 is 1.30 bits per heavy atom. The van der Waals surface area contributed by atoms with Gasteiger partial charge in [-0.3, -0.25) is 25.0 Å². The summed E-state index contributed by atoms with van der Waals surface area (Å²) in [7, 11) is -4.95. The van der Waals surface area contributed by atoms with E-state index in [2.05, 4.69) is 30.4 Å². The molecule has 20 heteroatoms. The minimum Gasteiger partial charge on any atom is -0.490 e. The largest absolute Gasteiger partial charge is 0.490 e. The van der Waals surface area contributed by atoms with Crippen LogP contribution in [0.2, 0.25) is 0 Å². The molecule has 3 heterocycles. The molecule has 2 aliphatic rings. The number of aromatic nitrogens is 1. The van der Waals surface area contributed by atoms with Crippen LogP contribution in [-0.4, -0.2) is 102 Å². The second-order valence-electron chi connectivity index (χ2n) is 10.7. The van der Waals surface area contributed by atoms with E-state index in [1.807, 2.05) is 23.1 Å². The number of carbonyl (C=O) groups is 2. The summed E-state index contributed by atoms with van der Waals surface area (Å²) in [5.74, 6) is -0.752. The fourth-order valence-corrected chi connectivity index (χ4v) is 5.72. The third-order valence-corrected chi connectivity index (χ3v) is 8.11. The molecule has 0 saturated carbocycles. The number of fused-ring (bicyclic) bond motifs is 1. The molecule has 2 aromatic rings. The molecule has 4 rings (SSSR count). The van der Waals surface area contributed by atoms with Gasteiger partial charge < -0.3 is 36.2 Å². The Kier molecular flexibility index (Phi) is 11.0. The monoisotopic (exact) mass is 680 g/mol. The first-order valence-electron chi connectivity index (χ1n) is 14.1. The average Bonchev–Trinajstić information content (AvgIpc) is 3.44. The number of nitrogens with one attached hydrogen (secondary N) is 5. The average molecular weight is 681 g/mol. The van der Waals surface area contributed by atoms with Crippen LogP contribution in [0, 0.1) is 10.8 Å². The maximum Gasteiger partial charge on any atom is 0.418 e. The van der Waals surface area contributed by atoms with Crippen molar-refractivity contribution in [3.8, 4) is 5.75 Å². The molecule has 1 unspecified atom stereocenters. The van der Waals surface area contributed by atoms with Gasteiger partial charge in [0.25, 0.3) is 11.8 Å². The Hall–Kier alpha value is -4.53. The fourth-order valence-electron chi connectivity index (χ4n) is 4.72. The van der Waals surface area contributed by atoms with Crippen LogP contribution in [0.25, 0.3) is 0 Å². The van der Waals surface area contributed by atoms with Gasteiger partial charge in [0.05, 0.1) is 11.9 Å². The molecule has 0 radical (unpaired) electrons. The minimum atomic E-state index is -4.95. The number of nitrogen functional groups attached to an aromatic ring is 1. The second kappa shape index (κ2) is 14.7. The van der Waals surface area contributed by atoms with Crippen LogP contribution in [0.1, 0.15) is 37.1 Å². The summed E-state index contributed by atoms with van der Waals surface area (Å²) in [6.45, 7) is 5.50. The van der Waals surface area contributed by atoms with E-state index in [9.17, 15) is 18.0 Å². The zero-order valence-corrected chi connectivity index (χ0v) is 26.7. The van der Waals surface area contributed by atoms with Gasteiger partial charge in [0.15, 0.2) is 23.4 Å². The molecule has 2 aliphatic heterocycles. The third-order valence-electron chi connectivity index (χ3n) is 7.10. The number of oxime groups is 1. The smallest absolute Gasteiger partial charge is 0.418 e. The number of nitrogens with two attached hydrogens (primary N) is 1. The van der Waals surface area contributed by atoms with Crippen molar-refractivity contribution < 1.29 is 36.4 Å². The van der Waals surface area contributed by atoms with E-state index in [-0.39, 0.29) is 29.8 Å². The van der Waals surface area contributed by atoms with Crippen molar-refractivity contribution in [2.75, 3.05) is 38.6 Å². The van der Waals surface area contributed by atoms with Crippen molar-refractivity contribution in [2.45, 2.75) is 44.8 Å². The minimum absolute atomic E-state index is 0.0384. The highest BCUT2D eigenvalue weighted by atomic mass is 32.3. The van der Waals surface area contributed by atoms with Gasteiger partial charge in [-0.1, -0.05) is 11.2 Å². The van der Waals surface area contributed by atoms with Crippen LogP contribution in [0.3, 0.4) is 0 Å². The van der Waals surface area contributed by atoms with E-state index >= 15 is 0 Å². The number of guanidine groups is 1. The molecule has 0 bridgehead atoms. The quantitative estimate of drug-likeness (QED) is 0.0322. The SMILES string of the molecule is CC1(C)C(NC(=O)/C(=N\OCCOc2ccc3c(c2)CCN(C(=N)NCCCNC=N)C3)c2csc(N)n2)C(=O)N1OS(=O)(=O)O. The number of rotatable bonds is 15. The topological polar surface area (TPSA) is 258 Å². The molecule has 1 fully saturated rings. The van der Waals surface area contributed by atoms with Gasteiger partial charge in [0, 0.05) is 31.6 Å². The molecular weight excluding hydrogens is 644 g/mol. The number of carbonyl (C=O) groups excluding carboxylic acids is 2. The molecular formula is C26H36N10O8S2. The lowest BCUT2D eigenvalue weighted by Gasteiger charge is -2.50. The number of nitrogens with zero attached hydrogens (tertiary/aromatic N) is 4. The maximum absolute atomic E-state index is 13.1. The summed E-state index contributed by atoms with van der Waals surface area (Å²) in [6.07, 6.45) is 2.68. The number of benzene rings is 1. The normalized spacial score (nSPS) is 17.4. The zero-order chi connectivity index (χ0) is 33.5.